The predicted octanol–water partition coefficient (Wildman–Crippen LogP) is 3.80. The van der Waals surface area contributed by atoms with E-state index in [2.05, 4.69) is 20.3 Å². The molecule has 1 aromatic carbocycles. The van der Waals surface area contributed by atoms with Crippen LogP contribution in [0.2, 0.25) is 0 Å². The molecule has 1 saturated carbocycles. The summed E-state index contributed by atoms with van der Waals surface area (Å²) in [5.41, 5.74) is -2.05. The second-order valence-electron chi connectivity index (χ2n) is 9.43. The number of carbonyl (C=O) groups excluding carboxylic acids is 1. The zero-order chi connectivity index (χ0) is 28.2. The van der Waals surface area contributed by atoms with Crippen LogP contribution in [0.3, 0.4) is 0 Å². The van der Waals surface area contributed by atoms with Gasteiger partial charge in [0.2, 0.25) is 15.9 Å². The van der Waals surface area contributed by atoms with Crippen LogP contribution in [0.1, 0.15) is 24.2 Å². The van der Waals surface area contributed by atoms with Gasteiger partial charge in [0.05, 0.1) is 28.2 Å². The quantitative estimate of drug-likeness (QED) is 0.452. The highest BCUT2D eigenvalue weighted by Crippen LogP contribution is 2.66. The normalized spacial score (nSPS) is 22.7. The number of carbonyl (C=O) groups is 1. The van der Waals surface area contributed by atoms with Crippen LogP contribution in [-0.2, 0) is 27.5 Å². The molecule has 15 heteroatoms. The molecule has 2 aromatic heterocycles. The number of benzene rings is 1. The van der Waals surface area contributed by atoms with Crippen molar-refractivity contribution in [1.82, 2.24) is 24.6 Å². The van der Waals surface area contributed by atoms with Gasteiger partial charge in [-0.1, -0.05) is 0 Å². The van der Waals surface area contributed by atoms with Crippen LogP contribution in [0, 0.1) is 11.2 Å². The van der Waals surface area contributed by atoms with Gasteiger partial charge in [-0.3, -0.25) is 9.78 Å². The lowest BCUT2D eigenvalue weighted by Gasteiger charge is -2.23. The Morgan fingerprint density at radius 2 is 1.77 bits per heavy atom. The number of hydrogen-bond donors (Lipinski definition) is 1. The van der Waals surface area contributed by atoms with Gasteiger partial charge < -0.3 is 5.32 Å². The molecule has 2 fully saturated rings. The summed E-state index contributed by atoms with van der Waals surface area (Å²) in [5.74, 6) is -4.65. The number of amides is 1. The number of nitrogens with one attached hydrogen (secondary N) is 1. The Hall–Kier alpha value is -3.59. The lowest BCUT2D eigenvalue weighted by atomic mass is 10.0. The highest BCUT2D eigenvalue weighted by Gasteiger charge is 2.76. The first-order valence-electron chi connectivity index (χ1n) is 11.5. The molecule has 5 rings (SSSR count). The summed E-state index contributed by atoms with van der Waals surface area (Å²) in [5, 5.41) is 2.50. The van der Waals surface area contributed by atoms with E-state index in [1.807, 2.05) is 0 Å². The number of aromatic nitrogens is 3. The largest absolute Gasteiger partial charge is 0.433 e. The van der Waals surface area contributed by atoms with E-state index >= 15 is 0 Å². The van der Waals surface area contributed by atoms with Crippen LogP contribution < -0.4 is 5.32 Å². The summed E-state index contributed by atoms with van der Waals surface area (Å²) in [4.78, 5) is 24.1. The van der Waals surface area contributed by atoms with Crippen LogP contribution in [0.25, 0.3) is 11.3 Å². The van der Waals surface area contributed by atoms with E-state index < -0.39 is 70.4 Å². The molecule has 1 N–H and O–H groups in total. The maximum atomic E-state index is 14.2. The Morgan fingerprint density at radius 3 is 2.36 bits per heavy atom. The molecule has 206 valence electrons. The van der Waals surface area contributed by atoms with E-state index in [9.17, 15) is 39.6 Å². The summed E-state index contributed by atoms with van der Waals surface area (Å²) >= 11 is 0. The van der Waals surface area contributed by atoms with E-state index in [0.29, 0.717) is 0 Å². The van der Waals surface area contributed by atoms with Gasteiger partial charge in [-0.25, -0.2) is 31.6 Å². The zero-order valence-electron chi connectivity index (χ0n) is 19.8. The monoisotopic (exact) mass is 571 g/mol. The Labute approximate surface area is 218 Å². The van der Waals surface area contributed by atoms with Crippen molar-refractivity contribution in [3.05, 3.63) is 72.2 Å². The smallest absolute Gasteiger partial charge is 0.349 e. The first-order chi connectivity index (χ1) is 18.2. The number of alkyl halides is 5. The van der Waals surface area contributed by atoms with Gasteiger partial charge in [0.1, 0.15) is 23.9 Å². The van der Waals surface area contributed by atoms with Crippen LogP contribution in [-0.4, -0.2) is 52.1 Å². The highest BCUT2D eigenvalue weighted by molar-refractivity contribution is 7.89. The average Bonchev–Trinajstić information content (AvgIpc) is 3.20. The van der Waals surface area contributed by atoms with E-state index in [1.165, 1.54) is 12.1 Å². The molecule has 2 aliphatic rings. The Morgan fingerprint density at radius 1 is 1.08 bits per heavy atom. The van der Waals surface area contributed by atoms with Gasteiger partial charge in [-0.2, -0.15) is 17.5 Å². The van der Waals surface area contributed by atoms with Crippen molar-refractivity contribution in [3.8, 4) is 11.3 Å². The number of sulfonamides is 1. The molecule has 8 nitrogen and oxygen atoms in total. The van der Waals surface area contributed by atoms with Crippen molar-refractivity contribution in [2.45, 2.75) is 42.4 Å². The number of hydrogen-bond acceptors (Lipinski definition) is 6. The van der Waals surface area contributed by atoms with Crippen LogP contribution in [0.5, 0.6) is 0 Å². The van der Waals surface area contributed by atoms with Crippen molar-refractivity contribution in [3.63, 3.8) is 0 Å². The minimum Gasteiger partial charge on any atom is -0.349 e. The molecule has 0 radical (unpaired) electrons. The minimum absolute atomic E-state index is 0.216. The van der Waals surface area contributed by atoms with Gasteiger partial charge in [0, 0.05) is 24.7 Å². The molecule has 2 atom stereocenters. The third-order valence-electron chi connectivity index (χ3n) is 6.84. The highest BCUT2D eigenvalue weighted by atomic mass is 32.2. The number of nitrogens with zero attached hydrogens (tertiary/aromatic N) is 4. The van der Waals surface area contributed by atoms with Gasteiger partial charge >= 0.3 is 6.18 Å². The van der Waals surface area contributed by atoms with Crippen LogP contribution in [0.15, 0.2) is 59.9 Å². The van der Waals surface area contributed by atoms with Crippen molar-refractivity contribution in [2.24, 2.45) is 5.41 Å². The van der Waals surface area contributed by atoms with Gasteiger partial charge in [0.15, 0.2) is 0 Å². The standard InChI is InChI=1S/C24H19F6N5O3S/c25-15-2-4-17(5-3-15)39(37,38)35-12-22(11-23(22,26)27)8-19(35)21(36)32-10-16-7-18(34-13-33-16)14-1-6-20(31-9-14)24(28,29)30/h1-7,9,13,19H,8,10-12H2,(H,32,36). The van der Waals surface area contributed by atoms with Crippen molar-refractivity contribution in [1.29, 1.82) is 0 Å². The number of pyridine rings is 1. The third kappa shape index (κ3) is 5.07. The Bertz CT molecular complexity index is 1520. The number of rotatable bonds is 6. The second-order valence-corrected chi connectivity index (χ2v) is 11.3. The molecule has 3 heterocycles. The summed E-state index contributed by atoms with van der Waals surface area (Å²) in [7, 11) is -4.41. The maximum absolute atomic E-state index is 14.2. The first kappa shape index (κ1) is 27.0. The average molecular weight is 572 g/mol. The maximum Gasteiger partial charge on any atom is 0.433 e. The van der Waals surface area contributed by atoms with E-state index in [1.54, 1.807) is 0 Å². The SMILES string of the molecule is O=C(NCc1cc(-c2ccc(C(F)(F)F)nc2)ncn1)C1CC2(CN1S(=O)(=O)c1ccc(F)cc1)CC2(F)F. The molecule has 1 aliphatic heterocycles. The molecule has 39 heavy (non-hydrogen) atoms. The predicted molar refractivity (Wildman–Crippen MR) is 123 cm³/mol. The fraction of sp³-hybridized carbons (Fsp3) is 0.333. The summed E-state index contributed by atoms with van der Waals surface area (Å²) in [6.07, 6.45) is -3.47. The van der Waals surface area contributed by atoms with E-state index in [4.69, 9.17) is 0 Å². The fourth-order valence-electron chi connectivity index (χ4n) is 4.60. The molecular formula is C24H19F6N5O3S. The topological polar surface area (TPSA) is 105 Å². The van der Waals surface area contributed by atoms with Crippen LogP contribution >= 0.6 is 0 Å². The van der Waals surface area contributed by atoms with Crippen molar-refractivity contribution >= 4 is 15.9 Å². The van der Waals surface area contributed by atoms with Crippen molar-refractivity contribution in [2.75, 3.05) is 6.54 Å². The lowest BCUT2D eigenvalue weighted by molar-refractivity contribution is -0.141. The van der Waals surface area contributed by atoms with Crippen LogP contribution in [0.4, 0.5) is 26.3 Å². The fourth-order valence-corrected chi connectivity index (χ4v) is 6.27. The summed E-state index contributed by atoms with van der Waals surface area (Å²) in [6, 6.07) is 5.72. The second kappa shape index (κ2) is 9.26. The molecule has 2 unspecified atom stereocenters. The molecule has 3 aromatic rings. The molecule has 0 bridgehead atoms. The van der Waals surface area contributed by atoms with E-state index in [-0.39, 0.29) is 28.4 Å². The summed E-state index contributed by atoms with van der Waals surface area (Å²) < 4.78 is 107. The molecule has 1 amide bonds. The summed E-state index contributed by atoms with van der Waals surface area (Å²) in [6.45, 7) is -0.816. The molecule has 1 aliphatic carbocycles. The lowest BCUT2D eigenvalue weighted by Crippen LogP contribution is -2.45. The Kier molecular flexibility index (Phi) is 6.41. The minimum atomic E-state index is -4.61. The Balaban J connectivity index is 1.33. The molecule has 1 saturated heterocycles. The van der Waals surface area contributed by atoms with Gasteiger partial charge in [0.25, 0.3) is 5.92 Å². The van der Waals surface area contributed by atoms with Gasteiger partial charge in [-0.05, 0) is 48.9 Å². The first-order valence-corrected chi connectivity index (χ1v) is 12.9. The third-order valence-corrected chi connectivity index (χ3v) is 8.71. The van der Waals surface area contributed by atoms with Crippen molar-refractivity contribution < 1.29 is 39.6 Å². The van der Waals surface area contributed by atoms with E-state index in [0.717, 1.165) is 47.2 Å². The van der Waals surface area contributed by atoms with Gasteiger partial charge in [-0.15, -0.1) is 0 Å². The zero-order valence-corrected chi connectivity index (χ0v) is 20.6. The molecular weight excluding hydrogens is 552 g/mol. The number of halogens is 6. The molecule has 1 spiro atoms.